The number of hydrogen-bond acceptors (Lipinski definition) is 3. The van der Waals surface area contributed by atoms with E-state index in [9.17, 15) is 15.2 Å². The van der Waals surface area contributed by atoms with E-state index in [1.165, 1.54) is 0 Å². The van der Waals surface area contributed by atoms with E-state index >= 15 is 0 Å². The Bertz CT molecular complexity index is 220. The molecule has 4 nitrogen and oxygen atoms in total. The van der Waals surface area contributed by atoms with E-state index in [1.54, 1.807) is 0 Å². The lowest BCUT2D eigenvalue weighted by molar-refractivity contribution is -0.550. The number of unbranched alkanes of at least 4 members (excludes halogenated alkanes) is 2. The minimum Gasteiger partial charge on any atom is -0.383 e. The Balaban J connectivity index is 2.55. The molecule has 0 aromatic rings. The van der Waals surface area contributed by atoms with E-state index in [2.05, 4.69) is 6.92 Å². The minimum atomic E-state index is -1.03. The summed E-state index contributed by atoms with van der Waals surface area (Å²) >= 11 is 0. The number of nitro groups is 1. The molecular formula is C11H21NO3. The molecule has 0 saturated heterocycles. The van der Waals surface area contributed by atoms with Gasteiger partial charge in [-0.3, -0.25) is 10.1 Å². The van der Waals surface area contributed by atoms with Gasteiger partial charge in [0.05, 0.1) is 0 Å². The number of nitrogens with zero attached hydrogens (tertiary/aromatic N) is 1. The fraction of sp³-hybridized carbons (Fsp3) is 1.00. The largest absolute Gasteiger partial charge is 0.383 e. The van der Waals surface area contributed by atoms with Crippen LogP contribution in [0.1, 0.15) is 58.3 Å². The first-order chi connectivity index (χ1) is 7.10. The quantitative estimate of drug-likeness (QED) is 0.435. The second kappa shape index (κ2) is 5.45. The highest BCUT2D eigenvalue weighted by Gasteiger charge is 2.46. The molecule has 1 saturated carbocycles. The summed E-state index contributed by atoms with van der Waals surface area (Å²) in [6, 6.07) is -0.733. The topological polar surface area (TPSA) is 63.4 Å². The molecule has 0 bridgehead atoms. The van der Waals surface area contributed by atoms with Crippen LogP contribution >= 0.6 is 0 Å². The Labute approximate surface area is 90.8 Å². The van der Waals surface area contributed by atoms with Crippen molar-refractivity contribution in [2.75, 3.05) is 0 Å². The molecule has 4 heteroatoms. The summed E-state index contributed by atoms with van der Waals surface area (Å²) in [6.45, 7) is 2.09. The SMILES string of the molecule is CCCCC[C@@]1(O)CCCC[C@H]1[N+](=O)[O-]. The molecule has 0 heterocycles. The highest BCUT2D eigenvalue weighted by Crippen LogP contribution is 2.34. The van der Waals surface area contributed by atoms with Crippen LogP contribution in [-0.2, 0) is 0 Å². The summed E-state index contributed by atoms with van der Waals surface area (Å²) in [5, 5.41) is 21.1. The van der Waals surface area contributed by atoms with Crippen molar-refractivity contribution < 1.29 is 10.0 Å². The monoisotopic (exact) mass is 215 g/mol. The molecule has 88 valence electrons. The molecule has 0 aromatic carbocycles. The van der Waals surface area contributed by atoms with Crippen molar-refractivity contribution in [1.29, 1.82) is 0 Å². The van der Waals surface area contributed by atoms with Crippen LogP contribution in [0.4, 0.5) is 0 Å². The van der Waals surface area contributed by atoms with Gasteiger partial charge in [-0.2, -0.15) is 0 Å². The lowest BCUT2D eigenvalue weighted by Crippen LogP contribution is -2.49. The fourth-order valence-electron chi connectivity index (χ4n) is 2.48. The Morgan fingerprint density at radius 3 is 2.80 bits per heavy atom. The second-order valence-electron chi connectivity index (χ2n) is 4.61. The zero-order valence-electron chi connectivity index (χ0n) is 9.45. The van der Waals surface area contributed by atoms with E-state index in [4.69, 9.17) is 0 Å². The normalized spacial score (nSPS) is 31.5. The predicted octanol–water partition coefficient (Wildman–Crippen LogP) is 2.52. The highest BCUT2D eigenvalue weighted by molar-refractivity contribution is 4.90. The van der Waals surface area contributed by atoms with Gasteiger partial charge < -0.3 is 5.11 Å². The molecule has 0 aliphatic heterocycles. The third-order valence-electron chi connectivity index (χ3n) is 3.43. The lowest BCUT2D eigenvalue weighted by atomic mass is 9.77. The molecule has 0 unspecified atom stereocenters. The van der Waals surface area contributed by atoms with Crippen LogP contribution in [0.15, 0.2) is 0 Å². The standard InChI is InChI=1S/C11H21NO3/c1-2-3-5-8-11(13)9-6-4-7-10(11)12(14)15/h10,13H,2-9H2,1H3/t10-,11-/m1/s1. The summed E-state index contributed by atoms with van der Waals surface area (Å²) in [5.41, 5.74) is -1.03. The van der Waals surface area contributed by atoms with Gasteiger partial charge in [-0.25, -0.2) is 0 Å². The molecule has 0 amide bonds. The summed E-state index contributed by atoms with van der Waals surface area (Å²) in [5.74, 6) is 0. The smallest absolute Gasteiger partial charge is 0.241 e. The Morgan fingerprint density at radius 2 is 2.20 bits per heavy atom. The molecular weight excluding hydrogens is 194 g/mol. The molecule has 0 radical (unpaired) electrons. The summed E-state index contributed by atoms with van der Waals surface area (Å²) < 4.78 is 0. The first kappa shape index (κ1) is 12.4. The maximum absolute atomic E-state index is 10.8. The molecule has 1 fully saturated rings. The average molecular weight is 215 g/mol. The Hall–Kier alpha value is -0.640. The van der Waals surface area contributed by atoms with Crippen LogP contribution in [-0.4, -0.2) is 21.7 Å². The van der Waals surface area contributed by atoms with Gasteiger partial charge in [-0.15, -0.1) is 0 Å². The fourth-order valence-corrected chi connectivity index (χ4v) is 2.48. The van der Waals surface area contributed by atoms with Gasteiger partial charge in [0, 0.05) is 11.3 Å². The molecule has 1 aliphatic carbocycles. The van der Waals surface area contributed by atoms with Crippen molar-refractivity contribution in [3.8, 4) is 0 Å². The van der Waals surface area contributed by atoms with Crippen LogP contribution in [0.5, 0.6) is 0 Å². The van der Waals surface area contributed by atoms with Gasteiger partial charge in [-0.1, -0.05) is 32.6 Å². The molecule has 2 atom stereocenters. The van der Waals surface area contributed by atoms with E-state index in [-0.39, 0.29) is 4.92 Å². The van der Waals surface area contributed by atoms with Gasteiger partial charge in [0.2, 0.25) is 6.04 Å². The van der Waals surface area contributed by atoms with Gasteiger partial charge in [0.1, 0.15) is 5.60 Å². The lowest BCUT2D eigenvalue weighted by Gasteiger charge is -2.34. The van der Waals surface area contributed by atoms with Crippen molar-refractivity contribution in [3.63, 3.8) is 0 Å². The average Bonchev–Trinajstić information content (AvgIpc) is 2.18. The second-order valence-corrected chi connectivity index (χ2v) is 4.61. The third-order valence-corrected chi connectivity index (χ3v) is 3.43. The number of rotatable bonds is 5. The van der Waals surface area contributed by atoms with Gasteiger partial charge in [-0.05, 0) is 19.3 Å². The van der Waals surface area contributed by atoms with Crippen LogP contribution in [0.2, 0.25) is 0 Å². The first-order valence-electron chi connectivity index (χ1n) is 5.96. The van der Waals surface area contributed by atoms with Crippen LogP contribution in [0, 0.1) is 10.1 Å². The maximum atomic E-state index is 10.8. The van der Waals surface area contributed by atoms with Gasteiger partial charge in [0.25, 0.3) is 0 Å². The molecule has 1 rings (SSSR count). The Kier molecular flexibility index (Phi) is 4.51. The summed E-state index contributed by atoms with van der Waals surface area (Å²) in [6.07, 6.45) is 6.56. The van der Waals surface area contributed by atoms with Gasteiger partial charge >= 0.3 is 0 Å². The van der Waals surface area contributed by atoms with E-state index in [0.717, 1.165) is 32.1 Å². The van der Waals surface area contributed by atoms with Crippen molar-refractivity contribution in [2.45, 2.75) is 69.9 Å². The molecule has 1 aliphatic rings. The predicted molar refractivity (Wildman–Crippen MR) is 58.3 cm³/mol. The van der Waals surface area contributed by atoms with Gasteiger partial charge in [0.15, 0.2) is 0 Å². The molecule has 0 aromatic heterocycles. The highest BCUT2D eigenvalue weighted by atomic mass is 16.6. The number of aliphatic hydroxyl groups is 1. The molecule has 15 heavy (non-hydrogen) atoms. The van der Waals surface area contributed by atoms with E-state index < -0.39 is 11.6 Å². The first-order valence-corrected chi connectivity index (χ1v) is 5.96. The summed E-state index contributed by atoms with van der Waals surface area (Å²) in [7, 11) is 0. The number of hydrogen-bond donors (Lipinski definition) is 1. The van der Waals surface area contributed by atoms with E-state index in [1.807, 2.05) is 0 Å². The van der Waals surface area contributed by atoms with Crippen molar-refractivity contribution >= 4 is 0 Å². The van der Waals surface area contributed by atoms with Crippen LogP contribution in [0.3, 0.4) is 0 Å². The molecule has 1 N–H and O–H groups in total. The zero-order chi connectivity index (χ0) is 11.3. The van der Waals surface area contributed by atoms with Crippen molar-refractivity contribution in [2.24, 2.45) is 0 Å². The molecule has 0 spiro atoms. The minimum absolute atomic E-state index is 0.287. The van der Waals surface area contributed by atoms with Crippen LogP contribution < -0.4 is 0 Å². The Morgan fingerprint density at radius 1 is 1.47 bits per heavy atom. The third kappa shape index (κ3) is 3.16. The van der Waals surface area contributed by atoms with Crippen LogP contribution in [0.25, 0.3) is 0 Å². The summed E-state index contributed by atoms with van der Waals surface area (Å²) in [4.78, 5) is 10.6. The maximum Gasteiger partial charge on any atom is 0.241 e. The van der Waals surface area contributed by atoms with Crippen molar-refractivity contribution in [3.05, 3.63) is 10.1 Å². The van der Waals surface area contributed by atoms with Crippen molar-refractivity contribution in [1.82, 2.24) is 0 Å². The zero-order valence-corrected chi connectivity index (χ0v) is 9.45. The van der Waals surface area contributed by atoms with E-state index in [0.29, 0.717) is 19.3 Å².